The molecule has 0 aromatic carbocycles. The van der Waals surface area contributed by atoms with Crippen LogP contribution in [0.5, 0.6) is 0 Å². The Hall–Kier alpha value is -0.890. The highest BCUT2D eigenvalue weighted by atomic mass is 16.5. The second-order valence-electron chi connectivity index (χ2n) is 6.75. The van der Waals surface area contributed by atoms with E-state index in [0.717, 1.165) is 77.9 Å². The highest BCUT2D eigenvalue weighted by Gasteiger charge is 2.21. The number of rotatable bonds is 8. The van der Waals surface area contributed by atoms with Crippen LogP contribution in [-0.4, -0.2) is 101 Å². The van der Waals surface area contributed by atoms with Gasteiger partial charge in [-0.3, -0.25) is 9.89 Å². The Labute approximate surface area is 146 Å². The van der Waals surface area contributed by atoms with Gasteiger partial charge in [-0.15, -0.1) is 0 Å². The van der Waals surface area contributed by atoms with E-state index in [4.69, 9.17) is 14.5 Å². The van der Waals surface area contributed by atoms with Gasteiger partial charge in [-0.25, -0.2) is 0 Å². The van der Waals surface area contributed by atoms with Crippen LogP contribution >= 0.6 is 0 Å². The Morgan fingerprint density at radius 3 is 2.92 bits per heavy atom. The van der Waals surface area contributed by atoms with Gasteiger partial charge in [0, 0.05) is 52.0 Å². The van der Waals surface area contributed by atoms with Crippen LogP contribution in [0.1, 0.15) is 19.8 Å². The lowest BCUT2D eigenvalue weighted by molar-refractivity contribution is 0.0420. The van der Waals surface area contributed by atoms with Crippen molar-refractivity contribution in [2.24, 2.45) is 4.99 Å². The molecule has 2 rings (SSSR count). The maximum Gasteiger partial charge on any atom is 0.191 e. The lowest BCUT2D eigenvalue weighted by Crippen LogP contribution is -2.51. The average Bonchev–Trinajstić information content (AvgIpc) is 3.08. The maximum atomic E-state index is 5.79. The first kappa shape index (κ1) is 19.4. The van der Waals surface area contributed by atoms with Crippen LogP contribution in [0, 0.1) is 0 Å². The van der Waals surface area contributed by atoms with E-state index in [1.165, 1.54) is 0 Å². The number of hydrogen-bond donors (Lipinski definition) is 2. The summed E-state index contributed by atoms with van der Waals surface area (Å²) in [4.78, 5) is 9.55. The molecule has 2 saturated heterocycles. The molecule has 7 nitrogen and oxygen atoms in total. The Morgan fingerprint density at radius 1 is 1.29 bits per heavy atom. The summed E-state index contributed by atoms with van der Waals surface area (Å²) in [5.41, 5.74) is 0. The molecule has 0 spiro atoms. The van der Waals surface area contributed by atoms with Crippen molar-refractivity contribution in [1.82, 2.24) is 20.4 Å². The van der Waals surface area contributed by atoms with E-state index in [9.17, 15) is 0 Å². The standard InChI is InChI=1S/C17H35N5O2/c1-4-18-17(19-7-5-10-24-16-6-11-23-14-16)20-12-15-13-21(2)8-9-22(15)3/h15-16H,4-14H2,1-3H3,(H2,18,19,20). The largest absolute Gasteiger partial charge is 0.379 e. The molecule has 2 fully saturated rings. The molecule has 2 N–H and O–H groups in total. The van der Waals surface area contributed by atoms with Crippen molar-refractivity contribution in [2.75, 3.05) is 73.2 Å². The predicted octanol–water partition coefficient (Wildman–Crippen LogP) is -0.0171. The monoisotopic (exact) mass is 341 g/mol. The number of ether oxygens (including phenoxy) is 2. The predicted molar refractivity (Wildman–Crippen MR) is 97.7 cm³/mol. The third-order valence-corrected chi connectivity index (χ3v) is 4.64. The number of aliphatic imine (C=N–C) groups is 1. The second kappa shape index (κ2) is 10.9. The van der Waals surface area contributed by atoms with Gasteiger partial charge in [0.25, 0.3) is 0 Å². The Bertz CT molecular complexity index is 374. The minimum atomic E-state index is 0.297. The highest BCUT2D eigenvalue weighted by Crippen LogP contribution is 2.08. The van der Waals surface area contributed by atoms with Crippen molar-refractivity contribution in [3.05, 3.63) is 0 Å². The molecule has 0 aliphatic carbocycles. The molecule has 0 radical (unpaired) electrons. The number of nitrogens with one attached hydrogen (secondary N) is 2. The van der Waals surface area contributed by atoms with Gasteiger partial charge in [0.2, 0.25) is 0 Å². The van der Waals surface area contributed by atoms with Crippen LogP contribution < -0.4 is 10.6 Å². The highest BCUT2D eigenvalue weighted by molar-refractivity contribution is 5.79. The van der Waals surface area contributed by atoms with Crippen molar-refractivity contribution in [3.63, 3.8) is 0 Å². The third kappa shape index (κ3) is 6.93. The third-order valence-electron chi connectivity index (χ3n) is 4.64. The quantitative estimate of drug-likeness (QED) is 0.368. The number of nitrogens with zero attached hydrogens (tertiary/aromatic N) is 3. The summed E-state index contributed by atoms with van der Waals surface area (Å²) in [5, 5.41) is 6.73. The van der Waals surface area contributed by atoms with Crippen LogP contribution in [0.25, 0.3) is 0 Å². The summed E-state index contributed by atoms with van der Waals surface area (Å²) in [5.74, 6) is 0.906. The van der Waals surface area contributed by atoms with Crippen LogP contribution in [0.4, 0.5) is 0 Å². The molecule has 2 aliphatic heterocycles. The number of likely N-dealkylation sites (N-methyl/N-ethyl adjacent to an activating group) is 2. The van der Waals surface area contributed by atoms with Crippen molar-refractivity contribution in [1.29, 1.82) is 0 Å². The maximum absolute atomic E-state index is 5.79. The summed E-state index contributed by atoms with van der Waals surface area (Å²) in [7, 11) is 4.38. The second-order valence-corrected chi connectivity index (χ2v) is 6.75. The van der Waals surface area contributed by atoms with Gasteiger partial charge in [-0.05, 0) is 33.9 Å². The van der Waals surface area contributed by atoms with E-state index in [1.54, 1.807) is 0 Å². The summed E-state index contributed by atoms with van der Waals surface area (Å²) in [6, 6.07) is 0.491. The molecule has 7 heteroatoms. The molecular formula is C17H35N5O2. The average molecular weight is 342 g/mol. The van der Waals surface area contributed by atoms with Crippen LogP contribution in [0.2, 0.25) is 0 Å². The summed E-state index contributed by atoms with van der Waals surface area (Å²) >= 11 is 0. The number of hydrogen-bond acceptors (Lipinski definition) is 5. The lowest BCUT2D eigenvalue weighted by atomic mass is 10.2. The molecule has 24 heavy (non-hydrogen) atoms. The Balaban J connectivity index is 1.65. The fourth-order valence-electron chi connectivity index (χ4n) is 3.01. The molecule has 2 heterocycles. The minimum Gasteiger partial charge on any atom is -0.379 e. The van der Waals surface area contributed by atoms with E-state index < -0.39 is 0 Å². The van der Waals surface area contributed by atoms with Crippen molar-refractivity contribution in [3.8, 4) is 0 Å². The van der Waals surface area contributed by atoms with Gasteiger partial charge in [-0.1, -0.05) is 0 Å². The Morgan fingerprint density at radius 2 is 2.17 bits per heavy atom. The SMILES string of the molecule is CCNC(=NCC1CN(C)CCN1C)NCCCOC1CCOC1. The van der Waals surface area contributed by atoms with E-state index in [-0.39, 0.29) is 0 Å². The van der Waals surface area contributed by atoms with Crippen molar-refractivity contribution < 1.29 is 9.47 Å². The topological polar surface area (TPSA) is 61.4 Å². The van der Waals surface area contributed by atoms with Crippen LogP contribution in [-0.2, 0) is 9.47 Å². The molecule has 2 unspecified atom stereocenters. The molecular weight excluding hydrogens is 306 g/mol. The van der Waals surface area contributed by atoms with Gasteiger partial charge in [0.05, 0.1) is 19.3 Å². The normalized spacial score (nSPS) is 26.7. The first-order valence-corrected chi connectivity index (χ1v) is 9.29. The van der Waals surface area contributed by atoms with Crippen LogP contribution in [0.15, 0.2) is 4.99 Å². The molecule has 0 aromatic rings. The van der Waals surface area contributed by atoms with Gasteiger partial charge in [0.1, 0.15) is 0 Å². The zero-order chi connectivity index (χ0) is 17.2. The van der Waals surface area contributed by atoms with Crippen molar-refractivity contribution in [2.45, 2.75) is 31.9 Å². The summed E-state index contributed by atoms with van der Waals surface area (Å²) in [6.07, 6.45) is 2.30. The molecule has 0 saturated carbocycles. The summed E-state index contributed by atoms with van der Waals surface area (Å²) < 4.78 is 11.1. The molecule has 2 atom stereocenters. The van der Waals surface area contributed by atoms with Gasteiger partial charge >= 0.3 is 0 Å². The number of guanidine groups is 1. The molecule has 2 aliphatic rings. The molecule has 140 valence electrons. The Kier molecular flexibility index (Phi) is 8.80. The van der Waals surface area contributed by atoms with Crippen LogP contribution in [0.3, 0.4) is 0 Å². The van der Waals surface area contributed by atoms with E-state index in [0.29, 0.717) is 12.1 Å². The van der Waals surface area contributed by atoms with E-state index in [1.807, 2.05) is 0 Å². The number of piperazine rings is 1. The summed E-state index contributed by atoms with van der Waals surface area (Å²) in [6.45, 7) is 10.4. The van der Waals surface area contributed by atoms with E-state index in [2.05, 4.69) is 41.5 Å². The van der Waals surface area contributed by atoms with Crippen molar-refractivity contribution >= 4 is 5.96 Å². The lowest BCUT2D eigenvalue weighted by Gasteiger charge is -2.36. The zero-order valence-corrected chi connectivity index (χ0v) is 15.6. The fourth-order valence-corrected chi connectivity index (χ4v) is 3.01. The first-order valence-electron chi connectivity index (χ1n) is 9.29. The smallest absolute Gasteiger partial charge is 0.191 e. The van der Waals surface area contributed by atoms with Gasteiger partial charge < -0.3 is 25.0 Å². The minimum absolute atomic E-state index is 0.297. The van der Waals surface area contributed by atoms with Gasteiger partial charge in [-0.2, -0.15) is 0 Å². The molecule has 0 bridgehead atoms. The van der Waals surface area contributed by atoms with Gasteiger partial charge in [0.15, 0.2) is 5.96 Å². The molecule has 0 aromatic heterocycles. The van der Waals surface area contributed by atoms with E-state index >= 15 is 0 Å². The molecule has 0 amide bonds. The zero-order valence-electron chi connectivity index (χ0n) is 15.6. The first-order chi connectivity index (χ1) is 11.7. The fraction of sp³-hybridized carbons (Fsp3) is 0.941.